The van der Waals surface area contributed by atoms with Gasteiger partial charge in [0.15, 0.2) is 0 Å². The number of halogens is 1. The number of nitrogens with zero attached hydrogens (tertiary/aromatic N) is 2. The number of rotatable bonds is 6. The molecule has 0 aliphatic heterocycles. The van der Waals surface area contributed by atoms with Crippen LogP contribution in [0.5, 0.6) is 0 Å². The summed E-state index contributed by atoms with van der Waals surface area (Å²) in [6.07, 6.45) is 3.81. The van der Waals surface area contributed by atoms with Crippen molar-refractivity contribution in [1.29, 1.82) is 0 Å². The van der Waals surface area contributed by atoms with E-state index in [2.05, 4.69) is 18.9 Å². The maximum Gasteiger partial charge on any atom is 0.0650 e. The second kappa shape index (κ2) is 6.91. The van der Waals surface area contributed by atoms with E-state index in [4.69, 9.17) is 11.6 Å². The number of hydrogen-bond acceptors (Lipinski definition) is 2. The fraction of sp³-hybridized carbons (Fsp3) is 0.438. The van der Waals surface area contributed by atoms with Gasteiger partial charge in [0.2, 0.25) is 0 Å². The Kier molecular flexibility index (Phi) is 5.21. The lowest BCUT2D eigenvalue weighted by molar-refractivity contribution is 0.174. The van der Waals surface area contributed by atoms with Crippen molar-refractivity contribution in [3.05, 3.63) is 52.8 Å². The molecule has 1 aromatic carbocycles. The Morgan fingerprint density at radius 2 is 1.90 bits per heavy atom. The molecule has 20 heavy (non-hydrogen) atoms. The summed E-state index contributed by atoms with van der Waals surface area (Å²) in [6, 6.07) is 9.98. The Bertz CT molecular complexity index is 536. The van der Waals surface area contributed by atoms with Gasteiger partial charge in [0.1, 0.15) is 0 Å². The number of hydrogen-bond donors (Lipinski definition) is 1. The van der Waals surface area contributed by atoms with Gasteiger partial charge in [-0.3, -0.25) is 4.68 Å². The molecule has 2 aromatic rings. The second-order valence-corrected chi connectivity index (χ2v) is 5.67. The van der Waals surface area contributed by atoms with Gasteiger partial charge in [0.25, 0.3) is 0 Å². The first-order valence-corrected chi connectivity index (χ1v) is 7.42. The topological polar surface area (TPSA) is 38.0 Å². The molecule has 0 fully saturated rings. The average molecular weight is 293 g/mol. The largest absolute Gasteiger partial charge is 0.392 e. The van der Waals surface area contributed by atoms with Gasteiger partial charge in [0.05, 0.1) is 11.8 Å². The van der Waals surface area contributed by atoms with Crippen molar-refractivity contribution in [3.8, 4) is 0 Å². The molecule has 0 radical (unpaired) electrons. The van der Waals surface area contributed by atoms with Gasteiger partial charge in [-0.2, -0.15) is 5.10 Å². The predicted molar refractivity (Wildman–Crippen MR) is 82.1 cm³/mol. The van der Waals surface area contributed by atoms with Crippen molar-refractivity contribution < 1.29 is 5.11 Å². The highest BCUT2D eigenvalue weighted by atomic mass is 35.5. The molecule has 0 aliphatic rings. The number of aliphatic hydroxyl groups excluding tert-OH is 1. The van der Waals surface area contributed by atoms with E-state index in [-0.39, 0.29) is 0 Å². The van der Waals surface area contributed by atoms with Crippen molar-refractivity contribution in [3.63, 3.8) is 0 Å². The summed E-state index contributed by atoms with van der Waals surface area (Å²) in [5.74, 6) is 0. The number of aliphatic hydroxyl groups is 1. The second-order valence-electron chi connectivity index (χ2n) is 5.23. The Labute approximate surface area is 125 Å². The van der Waals surface area contributed by atoms with Crippen molar-refractivity contribution in [2.45, 2.75) is 45.3 Å². The quantitative estimate of drug-likeness (QED) is 0.882. The summed E-state index contributed by atoms with van der Waals surface area (Å²) in [5.41, 5.74) is 2.02. The first kappa shape index (κ1) is 15.1. The van der Waals surface area contributed by atoms with Gasteiger partial charge >= 0.3 is 0 Å². The molecule has 0 amide bonds. The third-order valence-corrected chi connectivity index (χ3v) is 3.79. The summed E-state index contributed by atoms with van der Waals surface area (Å²) in [7, 11) is 0. The fourth-order valence-electron chi connectivity index (χ4n) is 2.12. The van der Waals surface area contributed by atoms with Crippen LogP contribution in [-0.4, -0.2) is 21.0 Å². The molecule has 1 N–H and O–H groups in total. The molecule has 1 heterocycles. The van der Waals surface area contributed by atoms with E-state index in [0.717, 1.165) is 22.7 Å². The molecule has 0 saturated carbocycles. The lowest BCUT2D eigenvalue weighted by Gasteiger charge is -2.10. The predicted octanol–water partition coefficient (Wildman–Crippen LogP) is 3.65. The van der Waals surface area contributed by atoms with Crippen LogP contribution in [0.3, 0.4) is 0 Å². The Hall–Kier alpha value is -1.32. The smallest absolute Gasteiger partial charge is 0.0650 e. The van der Waals surface area contributed by atoms with Gasteiger partial charge < -0.3 is 5.11 Å². The zero-order chi connectivity index (χ0) is 14.5. The van der Waals surface area contributed by atoms with Crippen LogP contribution in [0.2, 0.25) is 5.02 Å². The van der Waals surface area contributed by atoms with E-state index in [0.29, 0.717) is 18.9 Å². The summed E-state index contributed by atoms with van der Waals surface area (Å²) in [4.78, 5) is 0. The maximum atomic E-state index is 10.1. The molecule has 0 saturated heterocycles. The maximum absolute atomic E-state index is 10.1. The minimum absolute atomic E-state index is 0.400. The van der Waals surface area contributed by atoms with Gasteiger partial charge in [-0.05, 0) is 43.5 Å². The van der Waals surface area contributed by atoms with E-state index in [1.54, 1.807) is 0 Å². The van der Waals surface area contributed by atoms with E-state index in [1.807, 2.05) is 41.2 Å². The van der Waals surface area contributed by atoms with Gasteiger partial charge in [0, 0.05) is 23.7 Å². The molecular weight excluding hydrogens is 272 g/mol. The van der Waals surface area contributed by atoms with Crippen LogP contribution in [0.1, 0.15) is 37.6 Å². The third-order valence-electron chi connectivity index (χ3n) is 3.54. The van der Waals surface area contributed by atoms with E-state index >= 15 is 0 Å². The van der Waals surface area contributed by atoms with Crippen molar-refractivity contribution in [2.24, 2.45) is 0 Å². The van der Waals surface area contributed by atoms with Crippen LogP contribution >= 0.6 is 11.6 Å². The van der Waals surface area contributed by atoms with Crippen molar-refractivity contribution in [1.82, 2.24) is 9.78 Å². The first-order valence-electron chi connectivity index (χ1n) is 7.05. The molecule has 0 aliphatic carbocycles. The van der Waals surface area contributed by atoms with E-state index in [9.17, 15) is 5.11 Å². The monoisotopic (exact) mass is 292 g/mol. The fourth-order valence-corrected chi connectivity index (χ4v) is 2.25. The minimum Gasteiger partial charge on any atom is -0.392 e. The first-order chi connectivity index (χ1) is 9.58. The highest BCUT2D eigenvalue weighted by Gasteiger charge is 2.10. The molecule has 3 nitrogen and oxygen atoms in total. The Morgan fingerprint density at radius 3 is 2.55 bits per heavy atom. The highest BCUT2D eigenvalue weighted by molar-refractivity contribution is 6.30. The molecule has 4 heteroatoms. The Morgan fingerprint density at radius 1 is 1.20 bits per heavy atom. The van der Waals surface area contributed by atoms with E-state index < -0.39 is 6.10 Å². The molecule has 1 aromatic heterocycles. The van der Waals surface area contributed by atoms with Crippen LogP contribution in [0, 0.1) is 0 Å². The molecule has 108 valence electrons. The third kappa shape index (κ3) is 4.09. The van der Waals surface area contributed by atoms with Gasteiger partial charge in [-0.1, -0.05) is 30.7 Å². The van der Waals surface area contributed by atoms with Crippen LogP contribution in [0.15, 0.2) is 36.5 Å². The molecule has 2 unspecified atom stereocenters. The number of aromatic nitrogens is 2. The van der Waals surface area contributed by atoms with Gasteiger partial charge in [-0.15, -0.1) is 0 Å². The molecule has 0 bridgehead atoms. The SMILES string of the molecule is CCC(C)n1ccc(CC(O)Cc2ccc(Cl)cc2)n1. The van der Waals surface area contributed by atoms with Crippen LogP contribution < -0.4 is 0 Å². The highest BCUT2D eigenvalue weighted by Crippen LogP contribution is 2.14. The summed E-state index contributed by atoms with van der Waals surface area (Å²) >= 11 is 5.85. The van der Waals surface area contributed by atoms with Crippen molar-refractivity contribution in [2.75, 3.05) is 0 Å². The van der Waals surface area contributed by atoms with Crippen molar-refractivity contribution >= 4 is 11.6 Å². The standard InChI is InChI=1S/C16H21ClN2O/c1-3-12(2)19-9-8-15(18-19)11-16(20)10-13-4-6-14(17)7-5-13/h4-9,12,16,20H,3,10-11H2,1-2H3. The summed E-state index contributed by atoms with van der Waals surface area (Å²) in [5, 5.41) is 15.4. The van der Waals surface area contributed by atoms with Crippen LogP contribution in [0.25, 0.3) is 0 Å². The van der Waals surface area contributed by atoms with Crippen LogP contribution in [0.4, 0.5) is 0 Å². The zero-order valence-electron chi connectivity index (χ0n) is 12.0. The lowest BCUT2D eigenvalue weighted by Crippen LogP contribution is -2.15. The molecule has 2 rings (SSSR count). The zero-order valence-corrected chi connectivity index (χ0v) is 12.7. The molecule has 0 spiro atoms. The summed E-state index contributed by atoms with van der Waals surface area (Å²) < 4.78 is 1.96. The average Bonchev–Trinajstić information content (AvgIpc) is 2.89. The summed E-state index contributed by atoms with van der Waals surface area (Å²) in [6.45, 7) is 4.28. The van der Waals surface area contributed by atoms with Crippen LogP contribution in [-0.2, 0) is 12.8 Å². The lowest BCUT2D eigenvalue weighted by atomic mass is 10.0. The normalized spacial score (nSPS) is 14.2. The minimum atomic E-state index is -0.420. The molecular formula is C16H21ClN2O. The Balaban J connectivity index is 1.92. The molecule has 2 atom stereocenters. The van der Waals surface area contributed by atoms with E-state index in [1.165, 1.54) is 0 Å². The van der Waals surface area contributed by atoms with Gasteiger partial charge in [-0.25, -0.2) is 0 Å². The number of benzene rings is 1.